The second kappa shape index (κ2) is 7.29. The van der Waals surface area contributed by atoms with Gasteiger partial charge in [-0.25, -0.2) is 4.98 Å². The van der Waals surface area contributed by atoms with Crippen molar-refractivity contribution in [2.24, 2.45) is 11.3 Å². The summed E-state index contributed by atoms with van der Waals surface area (Å²) in [5.74, 6) is 1.55. The number of aromatic nitrogens is 3. The van der Waals surface area contributed by atoms with E-state index in [9.17, 15) is 9.90 Å². The van der Waals surface area contributed by atoms with Gasteiger partial charge in [0.05, 0.1) is 10.2 Å². The van der Waals surface area contributed by atoms with Gasteiger partial charge in [0.2, 0.25) is 5.95 Å². The molecule has 1 aliphatic carbocycles. The van der Waals surface area contributed by atoms with Gasteiger partial charge in [0.1, 0.15) is 16.4 Å². The summed E-state index contributed by atoms with van der Waals surface area (Å²) in [4.78, 5) is 28.0. The Morgan fingerprint density at radius 2 is 2.06 bits per heavy atom. The number of rotatable bonds is 5. The number of benzene rings is 1. The molecule has 2 atom stereocenters. The SMILES string of the molecule is O=c1[nH]c(N2CC3(CNC3)C2)nc(NC2CCC(CO)C2)c1-c1nc2ccccc2s1. The molecule has 9 heteroatoms. The second-order valence-electron chi connectivity index (χ2n) is 9.26. The molecule has 1 saturated carbocycles. The molecule has 0 radical (unpaired) electrons. The number of para-hydroxylation sites is 1. The van der Waals surface area contributed by atoms with Crippen molar-refractivity contribution in [3.63, 3.8) is 0 Å². The molecule has 0 bridgehead atoms. The van der Waals surface area contributed by atoms with Gasteiger partial charge in [-0.3, -0.25) is 9.78 Å². The van der Waals surface area contributed by atoms with E-state index in [2.05, 4.69) is 20.5 Å². The lowest BCUT2D eigenvalue weighted by atomic mass is 9.75. The van der Waals surface area contributed by atoms with Crippen molar-refractivity contribution in [2.45, 2.75) is 25.3 Å². The van der Waals surface area contributed by atoms with Crippen LogP contribution in [0, 0.1) is 11.3 Å². The fourth-order valence-electron chi connectivity index (χ4n) is 5.07. The quantitative estimate of drug-likeness (QED) is 0.483. The minimum absolute atomic E-state index is 0.157. The highest BCUT2D eigenvalue weighted by atomic mass is 32.1. The number of aliphatic hydroxyl groups excluding tert-OH is 1. The maximum absolute atomic E-state index is 13.3. The van der Waals surface area contributed by atoms with Gasteiger partial charge < -0.3 is 20.6 Å². The molecule has 4 heterocycles. The Bertz CT molecular complexity index is 1150. The zero-order chi connectivity index (χ0) is 21.0. The highest BCUT2D eigenvalue weighted by Crippen LogP contribution is 2.38. The molecule has 4 N–H and O–H groups in total. The molecule has 6 rings (SSSR count). The van der Waals surface area contributed by atoms with E-state index in [1.807, 2.05) is 24.3 Å². The number of nitrogens with one attached hydrogen (secondary N) is 3. The summed E-state index contributed by atoms with van der Waals surface area (Å²) in [6.07, 6.45) is 2.84. The Morgan fingerprint density at radius 3 is 2.77 bits per heavy atom. The van der Waals surface area contributed by atoms with Gasteiger partial charge in [0, 0.05) is 44.2 Å². The molecule has 0 amide bonds. The first kappa shape index (κ1) is 19.2. The molecule has 1 aromatic carbocycles. The number of hydrogen-bond donors (Lipinski definition) is 4. The number of fused-ring (bicyclic) bond motifs is 1. The Labute approximate surface area is 183 Å². The van der Waals surface area contributed by atoms with E-state index in [4.69, 9.17) is 9.97 Å². The zero-order valence-electron chi connectivity index (χ0n) is 17.2. The van der Waals surface area contributed by atoms with Gasteiger partial charge in [-0.05, 0) is 37.3 Å². The minimum atomic E-state index is -0.157. The van der Waals surface area contributed by atoms with Gasteiger partial charge >= 0.3 is 0 Å². The number of H-pyrrole nitrogens is 1. The third kappa shape index (κ3) is 3.31. The van der Waals surface area contributed by atoms with E-state index < -0.39 is 0 Å². The number of nitrogens with zero attached hydrogens (tertiary/aromatic N) is 3. The van der Waals surface area contributed by atoms with Crippen LogP contribution in [0.1, 0.15) is 19.3 Å². The number of hydrogen-bond acceptors (Lipinski definition) is 8. The predicted octanol–water partition coefficient (Wildman–Crippen LogP) is 2.03. The smallest absolute Gasteiger partial charge is 0.264 e. The maximum Gasteiger partial charge on any atom is 0.264 e. The van der Waals surface area contributed by atoms with Crippen LogP contribution in [-0.4, -0.2) is 58.9 Å². The Morgan fingerprint density at radius 1 is 1.23 bits per heavy atom. The fraction of sp³-hybridized carbons (Fsp3) is 0.500. The first-order valence-corrected chi connectivity index (χ1v) is 11.8. The highest BCUT2D eigenvalue weighted by Gasteiger charge is 2.48. The summed E-state index contributed by atoms with van der Waals surface area (Å²) < 4.78 is 1.05. The Balaban J connectivity index is 1.38. The van der Waals surface area contributed by atoms with Crippen LogP contribution in [0.2, 0.25) is 0 Å². The van der Waals surface area contributed by atoms with Crippen molar-refractivity contribution in [1.82, 2.24) is 20.3 Å². The van der Waals surface area contributed by atoms with E-state index in [-0.39, 0.29) is 18.2 Å². The molecule has 8 nitrogen and oxygen atoms in total. The first-order valence-electron chi connectivity index (χ1n) is 11.0. The van der Waals surface area contributed by atoms with Crippen molar-refractivity contribution in [2.75, 3.05) is 43.0 Å². The van der Waals surface area contributed by atoms with Crippen LogP contribution >= 0.6 is 11.3 Å². The molecule has 3 aromatic rings. The van der Waals surface area contributed by atoms with Crippen molar-refractivity contribution >= 4 is 33.3 Å². The summed E-state index contributed by atoms with van der Waals surface area (Å²) in [7, 11) is 0. The summed E-state index contributed by atoms with van der Waals surface area (Å²) in [5, 5.41) is 17.1. The summed E-state index contributed by atoms with van der Waals surface area (Å²) >= 11 is 1.52. The summed E-state index contributed by atoms with van der Waals surface area (Å²) in [6, 6.07) is 8.13. The third-order valence-electron chi connectivity index (χ3n) is 6.91. The average Bonchev–Trinajstić information content (AvgIpc) is 3.32. The molecule has 162 valence electrons. The van der Waals surface area contributed by atoms with Crippen molar-refractivity contribution in [1.29, 1.82) is 0 Å². The molecule has 2 aromatic heterocycles. The van der Waals surface area contributed by atoms with E-state index >= 15 is 0 Å². The average molecular weight is 439 g/mol. The number of anilines is 2. The normalized spacial score (nSPS) is 24.4. The second-order valence-corrected chi connectivity index (χ2v) is 10.3. The van der Waals surface area contributed by atoms with Crippen LogP contribution in [0.25, 0.3) is 20.8 Å². The van der Waals surface area contributed by atoms with Gasteiger partial charge in [-0.15, -0.1) is 11.3 Å². The molecule has 2 aliphatic heterocycles. The van der Waals surface area contributed by atoms with Crippen LogP contribution in [0.5, 0.6) is 0 Å². The molecule has 31 heavy (non-hydrogen) atoms. The van der Waals surface area contributed by atoms with Crippen LogP contribution in [0.15, 0.2) is 29.1 Å². The molecular weight excluding hydrogens is 412 g/mol. The van der Waals surface area contributed by atoms with E-state index in [1.165, 1.54) is 11.3 Å². The molecule has 1 spiro atoms. The van der Waals surface area contributed by atoms with E-state index in [0.717, 1.165) is 55.7 Å². The molecular formula is C22H26N6O2S. The van der Waals surface area contributed by atoms with Crippen molar-refractivity contribution in [3.8, 4) is 10.6 Å². The summed E-state index contributed by atoms with van der Waals surface area (Å²) in [6.45, 7) is 4.11. The van der Waals surface area contributed by atoms with Crippen LogP contribution in [0.3, 0.4) is 0 Å². The fourth-order valence-corrected chi connectivity index (χ4v) is 6.08. The van der Waals surface area contributed by atoms with Gasteiger partial charge in [0.15, 0.2) is 0 Å². The molecule has 2 saturated heterocycles. The predicted molar refractivity (Wildman–Crippen MR) is 123 cm³/mol. The molecule has 2 unspecified atom stereocenters. The van der Waals surface area contributed by atoms with Crippen molar-refractivity contribution < 1.29 is 5.11 Å². The maximum atomic E-state index is 13.3. The van der Waals surface area contributed by atoms with Gasteiger partial charge in [-0.2, -0.15) is 4.98 Å². The van der Waals surface area contributed by atoms with Crippen molar-refractivity contribution in [3.05, 3.63) is 34.6 Å². The minimum Gasteiger partial charge on any atom is -0.396 e. The lowest BCUT2D eigenvalue weighted by Crippen LogP contribution is -2.71. The van der Waals surface area contributed by atoms with Crippen LogP contribution in [-0.2, 0) is 0 Å². The summed E-state index contributed by atoms with van der Waals surface area (Å²) in [5.41, 5.74) is 1.59. The van der Waals surface area contributed by atoms with Gasteiger partial charge in [-0.1, -0.05) is 12.1 Å². The number of thiazole rings is 1. The lowest BCUT2D eigenvalue weighted by molar-refractivity contribution is 0.119. The zero-order valence-corrected chi connectivity index (χ0v) is 18.0. The lowest BCUT2D eigenvalue weighted by Gasteiger charge is -2.56. The third-order valence-corrected chi connectivity index (χ3v) is 7.96. The molecule has 3 aliphatic rings. The Kier molecular flexibility index (Phi) is 4.52. The largest absolute Gasteiger partial charge is 0.396 e. The standard InChI is InChI=1S/C22H26N6O2S/c29-8-13-5-6-14(7-13)24-18-17(20-25-15-3-1-2-4-16(15)31-20)19(30)27-21(26-18)28-11-22(12-28)9-23-10-22/h1-4,13-14,23,29H,5-12H2,(H2,24,26,27,30). The monoisotopic (exact) mass is 438 g/mol. The Hall–Kier alpha value is -2.49. The topological polar surface area (TPSA) is 106 Å². The first-order chi connectivity index (χ1) is 15.1. The van der Waals surface area contributed by atoms with Gasteiger partial charge in [0.25, 0.3) is 5.56 Å². The number of aromatic amines is 1. The van der Waals surface area contributed by atoms with E-state index in [0.29, 0.717) is 33.7 Å². The van der Waals surface area contributed by atoms with Crippen LogP contribution < -0.4 is 21.1 Å². The van der Waals surface area contributed by atoms with Crippen LogP contribution in [0.4, 0.5) is 11.8 Å². The highest BCUT2D eigenvalue weighted by molar-refractivity contribution is 7.21. The van der Waals surface area contributed by atoms with E-state index in [1.54, 1.807) is 0 Å². The molecule has 3 fully saturated rings. The number of aliphatic hydroxyl groups is 1.